The van der Waals surface area contributed by atoms with E-state index in [4.69, 9.17) is 23.8 Å². The van der Waals surface area contributed by atoms with Crippen LogP contribution in [0.3, 0.4) is 0 Å². The van der Waals surface area contributed by atoms with Crippen molar-refractivity contribution in [3.05, 3.63) is 152 Å². The van der Waals surface area contributed by atoms with Gasteiger partial charge in [-0.25, -0.2) is 15.0 Å². The van der Waals surface area contributed by atoms with Gasteiger partial charge in [-0.2, -0.15) is 0 Å². The number of nitrogens with zero attached hydrogens (tertiary/aromatic N) is 3. The normalized spacial score (nSPS) is 11.9. The second kappa shape index (κ2) is 10.9. The molecule has 7 aromatic carbocycles. The SMILES string of the molecule is c1ccc(-c2nc(-c3cccc4c3oc3cccc(-c5ccc6oc7ccccc7c6c5)c34)nc(-c3cccc4sc5ccccc5c34)n2)cc1. The summed E-state index contributed by atoms with van der Waals surface area (Å²) in [5.41, 5.74) is 8.20. The van der Waals surface area contributed by atoms with E-state index in [-0.39, 0.29) is 0 Å². The molecule has 4 aromatic heterocycles. The molecule has 238 valence electrons. The van der Waals surface area contributed by atoms with Crippen LogP contribution in [0.25, 0.3) is 109 Å². The third-order valence-corrected chi connectivity index (χ3v) is 10.9. The lowest BCUT2D eigenvalue weighted by atomic mass is 9.97. The minimum atomic E-state index is 0.563. The number of aromatic nitrogens is 3. The zero-order chi connectivity index (χ0) is 33.5. The Bertz CT molecular complexity index is 3160. The maximum atomic E-state index is 6.73. The van der Waals surface area contributed by atoms with Crippen LogP contribution < -0.4 is 0 Å². The van der Waals surface area contributed by atoms with Gasteiger partial charge in [-0.15, -0.1) is 11.3 Å². The lowest BCUT2D eigenvalue weighted by Crippen LogP contribution is -2.00. The number of para-hydroxylation sites is 2. The van der Waals surface area contributed by atoms with Crippen LogP contribution in [0.5, 0.6) is 0 Å². The van der Waals surface area contributed by atoms with E-state index in [1.54, 1.807) is 11.3 Å². The third-order valence-electron chi connectivity index (χ3n) is 9.76. The standard InChI is InChI=1S/C45H25N3O2S/c1-2-11-26(12-3-1)43-46-44(32-17-10-22-39-41(32)30-14-5-7-21-38(30)51-39)48-45(47-43)33-18-8-16-31-40-28(15-9-20-37(40)50-42(31)33)27-23-24-36-34(25-27)29-13-4-6-19-35(29)49-36/h1-25H. The molecule has 0 amide bonds. The van der Waals surface area contributed by atoms with Crippen LogP contribution in [0, 0.1) is 0 Å². The highest BCUT2D eigenvalue weighted by Gasteiger charge is 2.21. The van der Waals surface area contributed by atoms with E-state index in [1.165, 1.54) is 14.8 Å². The van der Waals surface area contributed by atoms with Gasteiger partial charge >= 0.3 is 0 Å². The van der Waals surface area contributed by atoms with Gasteiger partial charge in [-0.3, -0.25) is 0 Å². The summed E-state index contributed by atoms with van der Waals surface area (Å²) in [5, 5.41) is 6.60. The fourth-order valence-corrected chi connectivity index (χ4v) is 8.58. The average Bonchev–Trinajstić information content (AvgIpc) is 3.89. The first-order valence-corrected chi connectivity index (χ1v) is 17.7. The van der Waals surface area contributed by atoms with E-state index in [2.05, 4.69) is 97.1 Å². The van der Waals surface area contributed by atoms with Crippen molar-refractivity contribution in [2.75, 3.05) is 0 Å². The Kier molecular flexibility index (Phi) is 6.05. The van der Waals surface area contributed by atoms with E-state index in [1.807, 2.05) is 54.6 Å². The van der Waals surface area contributed by atoms with E-state index in [9.17, 15) is 0 Å². The summed E-state index contributed by atoms with van der Waals surface area (Å²) < 4.78 is 15.3. The summed E-state index contributed by atoms with van der Waals surface area (Å²) in [6.45, 7) is 0. The van der Waals surface area contributed by atoms with Crippen molar-refractivity contribution >= 4 is 75.4 Å². The molecule has 11 rings (SSSR count). The zero-order valence-electron chi connectivity index (χ0n) is 27.0. The molecule has 6 heteroatoms. The quantitative estimate of drug-likeness (QED) is 0.186. The summed E-state index contributed by atoms with van der Waals surface area (Å²) in [7, 11) is 0. The van der Waals surface area contributed by atoms with E-state index in [0.717, 1.165) is 77.1 Å². The molecular weight excluding hydrogens is 647 g/mol. The van der Waals surface area contributed by atoms with Crippen LogP contribution in [0.1, 0.15) is 0 Å². The first-order valence-electron chi connectivity index (χ1n) is 16.9. The van der Waals surface area contributed by atoms with Crippen LogP contribution in [-0.4, -0.2) is 15.0 Å². The van der Waals surface area contributed by atoms with Gasteiger partial charge in [0.05, 0.1) is 5.56 Å². The molecule has 11 aromatic rings. The molecule has 0 aliphatic heterocycles. The molecule has 0 aliphatic carbocycles. The van der Waals surface area contributed by atoms with E-state index >= 15 is 0 Å². The molecule has 4 heterocycles. The molecule has 0 N–H and O–H groups in total. The highest BCUT2D eigenvalue weighted by Crippen LogP contribution is 2.43. The molecule has 0 atom stereocenters. The van der Waals surface area contributed by atoms with Gasteiger partial charge in [-0.05, 0) is 53.6 Å². The summed E-state index contributed by atoms with van der Waals surface area (Å²) in [5.74, 6) is 1.80. The van der Waals surface area contributed by atoms with Gasteiger partial charge in [-0.1, -0.05) is 109 Å². The van der Waals surface area contributed by atoms with Crippen LogP contribution in [0.2, 0.25) is 0 Å². The molecule has 0 radical (unpaired) electrons. The fraction of sp³-hybridized carbons (Fsp3) is 0. The maximum absolute atomic E-state index is 6.73. The Morgan fingerprint density at radius 2 is 1.02 bits per heavy atom. The van der Waals surface area contributed by atoms with Crippen molar-refractivity contribution in [2.24, 2.45) is 0 Å². The van der Waals surface area contributed by atoms with Crippen LogP contribution in [0.4, 0.5) is 0 Å². The minimum Gasteiger partial charge on any atom is -0.456 e. The van der Waals surface area contributed by atoms with Crippen LogP contribution in [0.15, 0.2) is 160 Å². The lowest BCUT2D eigenvalue weighted by molar-refractivity contribution is 0.669. The van der Waals surface area contributed by atoms with Crippen molar-refractivity contribution in [1.82, 2.24) is 15.0 Å². The van der Waals surface area contributed by atoms with E-state index in [0.29, 0.717) is 17.5 Å². The Balaban J connectivity index is 1.14. The fourth-order valence-electron chi connectivity index (χ4n) is 7.45. The summed E-state index contributed by atoms with van der Waals surface area (Å²) in [6, 6.07) is 52.1. The van der Waals surface area contributed by atoms with Gasteiger partial charge in [0, 0.05) is 52.8 Å². The van der Waals surface area contributed by atoms with Gasteiger partial charge in [0.25, 0.3) is 0 Å². The molecule has 5 nitrogen and oxygen atoms in total. The van der Waals surface area contributed by atoms with Crippen molar-refractivity contribution in [1.29, 1.82) is 0 Å². The molecule has 0 bridgehead atoms. The van der Waals surface area contributed by atoms with Gasteiger partial charge in [0.1, 0.15) is 22.3 Å². The van der Waals surface area contributed by atoms with Crippen molar-refractivity contribution < 1.29 is 8.83 Å². The number of hydrogen-bond donors (Lipinski definition) is 0. The summed E-state index contributed by atoms with van der Waals surface area (Å²) in [6.07, 6.45) is 0. The smallest absolute Gasteiger partial charge is 0.167 e. The second-order valence-electron chi connectivity index (χ2n) is 12.7. The molecular formula is C45H25N3O2S. The Labute approximate surface area is 295 Å². The second-order valence-corrected chi connectivity index (χ2v) is 13.8. The molecule has 0 fully saturated rings. The zero-order valence-corrected chi connectivity index (χ0v) is 27.8. The number of thiophene rings is 1. The summed E-state index contributed by atoms with van der Waals surface area (Å²) in [4.78, 5) is 15.4. The number of rotatable bonds is 4. The number of furan rings is 2. The van der Waals surface area contributed by atoms with Gasteiger partial charge < -0.3 is 8.83 Å². The van der Waals surface area contributed by atoms with Gasteiger partial charge in [0.15, 0.2) is 17.5 Å². The Morgan fingerprint density at radius 1 is 0.373 bits per heavy atom. The van der Waals surface area contributed by atoms with Crippen molar-refractivity contribution in [3.8, 4) is 45.3 Å². The highest BCUT2D eigenvalue weighted by atomic mass is 32.1. The Hall–Kier alpha value is -6.63. The molecule has 0 aliphatic rings. The van der Waals surface area contributed by atoms with Crippen molar-refractivity contribution in [2.45, 2.75) is 0 Å². The minimum absolute atomic E-state index is 0.563. The third kappa shape index (κ3) is 4.37. The lowest BCUT2D eigenvalue weighted by Gasteiger charge is -2.10. The van der Waals surface area contributed by atoms with Crippen LogP contribution >= 0.6 is 11.3 Å². The number of benzene rings is 7. The first-order chi connectivity index (χ1) is 25.3. The molecule has 51 heavy (non-hydrogen) atoms. The predicted molar refractivity (Wildman–Crippen MR) is 209 cm³/mol. The molecule has 0 saturated carbocycles. The number of hydrogen-bond acceptors (Lipinski definition) is 6. The maximum Gasteiger partial charge on any atom is 0.167 e. The summed E-state index contributed by atoms with van der Waals surface area (Å²) >= 11 is 1.79. The number of fused-ring (bicyclic) bond motifs is 9. The largest absolute Gasteiger partial charge is 0.456 e. The predicted octanol–water partition coefficient (Wildman–Crippen LogP) is 12.7. The van der Waals surface area contributed by atoms with Crippen molar-refractivity contribution in [3.63, 3.8) is 0 Å². The monoisotopic (exact) mass is 671 g/mol. The van der Waals surface area contributed by atoms with E-state index < -0.39 is 0 Å². The topological polar surface area (TPSA) is 65.0 Å². The van der Waals surface area contributed by atoms with Gasteiger partial charge in [0.2, 0.25) is 0 Å². The highest BCUT2D eigenvalue weighted by molar-refractivity contribution is 7.25. The molecule has 0 spiro atoms. The molecule has 0 unspecified atom stereocenters. The van der Waals surface area contributed by atoms with Crippen LogP contribution in [-0.2, 0) is 0 Å². The average molecular weight is 672 g/mol. The first kappa shape index (κ1) is 28.2. The molecule has 0 saturated heterocycles. The Morgan fingerprint density at radius 3 is 1.94 bits per heavy atom.